The molecule has 1 amide bonds. The van der Waals surface area contributed by atoms with Crippen LogP contribution < -0.4 is 0 Å². The predicted molar refractivity (Wildman–Crippen MR) is 65.7 cm³/mol. The van der Waals surface area contributed by atoms with Gasteiger partial charge >= 0.3 is 5.37 Å². The maximum Gasteiger partial charge on any atom is 0.316 e. The maximum atomic E-state index is 11.1. The first-order valence-corrected chi connectivity index (χ1v) is 6.12. The summed E-state index contributed by atoms with van der Waals surface area (Å²) in [6, 6.07) is 10.4. The molecule has 0 N–H and O–H groups in total. The van der Waals surface area contributed by atoms with Gasteiger partial charge in [0, 0.05) is 13.1 Å². The average Bonchev–Trinajstić information content (AvgIpc) is 2.30. The third-order valence-electron chi connectivity index (χ3n) is 3.13. The Bertz CT molecular complexity index is 352. The van der Waals surface area contributed by atoms with Crippen LogP contribution in [0.15, 0.2) is 30.3 Å². The molecule has 2 rings (SSSR count). The van der Waals surface area contributed by atoms with Crippen molar-refractivity contribution < 1.29 is 4.79 Å². The Kier molecular flexibility index (Phi) is 3.83. The topological polar surface area (TPSA) is 20.3 Å². The molecule has 1 heterocycles. The van der Waals surface area contributed by atoms with Crippen molar-refractivity contribution in [2.24, 2.45) is 5.92 Å². The average molecular weight is 238 g/mol. The van der Waals surface area contributed by atoms with Crippen molar-refractivity contribution in [1.82, 2.24) is 4.90 Å². The quantitative estimate of drug-likeness (QED) is 0.571. The normalized spacial score (nSPS) is 20.8. The first kappa shape index (κ1) is 11.5. The van der Waals surface area contributed by atoms with Crippen LogP contribution in [0, 0.1) is 5.92 Å². The zero-order valence-corrected chi connectivity index (χ0v) is 9.99. The minimum atomic E-state index is -0.308. The van der Waals surface area contributed by atoms with Crippen molar-refractivity contribution in [3.05, 3.63) is 35.9 Å². The Morgan fingerprint density at radius 3 is 2.81 bits per heavy atom. The van der Waals surface area contributed by atoms with Crippen molar-refractivity contribution in [2.75, 3.05) is 13.1 Å². The summed E-state index contributed by atoms with van der Waals surface area (Å²) in [5, 5.41) is -0.308. The first-order chi connectivity index (χ1) is 7.75. The van der Waals surface area contributed by atoms with Gasteiger partial charge in [-0.15, -0.1) is 0 Å². The summed E-state index contributed by atoms with van der Waals surface area (Å²) in [6.45, 7) is 1.62. The van der Waals surface area contributed by atoms with Gasteiger partial charge in [-0.05, 0) is 42.3 Å². The molecule has 0 aromatic heterocycles. The van der Waals surface area contributed by atoms with Gasteiger partial charge in [0.05, 0.1) is 0 Å². The summed E-state index contributed by atoms with van der Waals surface area (Å²) in [7, 11) is 0. The maximum absolute atomic E-state index is 11.1. The van der Waals surface area contributed by atoms with Crippen molar-refractivity contribution in [3.63, 3.8) is 0 Å². The fourth-order valence-electron chi connectivity index (χ4n) is 2.34. The Balaban J connectivity index is 1.93. The smallest absolute Gasteiger partial charge is 0.316 e. The Morgan fingerprint density at radius 2 is 2.12 bits per heavy atom. The monoisotopic (exact) mass is 237 g/mol. The SMILES string of the molecule is O=C(Cl)N1CCCC(Cc2ccccc2)C1. The number of carbonyl (C=O) groups is 1. The van der Waals surface area contributed by atoms with E-state index >= 15 is 0 Å². The molecule has 3 heteroatoms. The molecule has 2 nitrogen and oxygen atoms in total. The van der Waals surface area contributed by atoms with E-state index in [1.807, 2.05) is 6.07 Å². The van der Waals surface area contributed by atoms with Crippen molar-refractivity contribution in [1.29, 1.82) is 0 Å². The molecule has 86 valence electrons. The van der Waals surface area contributed by atoms with E-state index in [2.05, 4.69) is 24.3 Å². The number of nitrogens with zero attached hydrogens (tertiary/aromatic N) is 1. The number of hydrogen-bond acceptors (Lipinski definition) is 1. The highest BCUT2D eigenvalue weighted by atomic mass is 35.5. The number of hydrogen-bond donors (Lipinski definition) is 0. The highest BCUT2D eigenvalue weighted by Crippen LogP contribution is 2.21. The van der Waals surface area contributed by atoms with Crippen LogP contribution in [0.1, 0.15) is 18.4 Å². The molecule has 0 bridgehead atoms. The van der Waals surface area contributed by atoms with Crippen LogP contribution >= 0.6 is 11.6 Å². The summed E-state index contributed by atoms with van der Waals surface area (Å²) in [5.74, 6) is 0.554. The van der Waals surface area contributed by atoms with Crippen LogP contribution in [0.5, 0.6) is 0 Å². The molecule has 16 heavy (non-hydrogen) atoms. The van der Waals surface area contributed by atoms with Crippen LogP contribution in [0.3, 0.4) is 0 Å². The number of carbonyl (C=O) groups excluding carboxylic acids is 1. The second-order valence-electron chi connectivity index (χ2n) is 4.40. The molecule has 1 aliphatic rings. The van der Waals surface area contributed by atoms with Crippen LogP contribution in [-0.4, -0.2) is 23.4 Å². The number of likely N-dealkylation sites (tertiary alicyclic amines) is 1. The summed E-state index contributed by atoms with van der Waals surface area (Å²) in [6.07, 6.45) is 3.30. The Morgan fingerprint density at radius 1 is 1.38 bits per heavy atom. The highest BCUT2D eigenvalue weighted by Gasteiger charge is 2.22. The molecule has 0 spiro atoms. The second-order valence-corrected chi connectivity index (χ2v) is 4.72. The third-order valence-corrected chi connectivity index (χ3v) is 3.37. The van der Waals surface area contributed by atoms with Gasteiger partial charge in [-0.1, -0.05) is 30.3 Å². The number of benzene rings is 1. The fourth-order valence-corrected chi connectivity index (χ4v) is 2.49. The van der Waals surface area contributed by atoms with Crippen LogP contribution in [0.2, 0.25) is 0 Å². The van der Waals surface area contributed by atoms with E-state index in [9.17, 15) is 4.79 Å². The zero-order chi connectivity index (χ0) is 11.4. The lowest BCUT2D eigenvalue weighted by atomic mass is 9.91. The van der Waals surface area contributed by atoms with Gasteiger partial charge < -0.3 is 4.90 Å². The highest BCUT2D eigenvalue weighted by molar-refractivity contribution is 6.62. The molecule has 0 saturated carbocycles. The third kappa shape index (κ3) is 2.99. The second kappa shape index (κ2) is 5.35. The molecule has 0 aliphatic carbocycles. The van der Waals surface area contributed by atoms with Crippen molar-refractivity contribution >= 4 is 17.0 Å². The van der Waals surface area contributed by atoms with Gasteiger partial charge in [-0.25, -0.2) is 0 Å². The minimum absolute atomic E-state index is 0.308. The lowest BCUT2D eigenvalue weighted by Crippen LogP contribution is -2.37. The molecule has 1 aromatic carbocycles. The van der Waals surface area contributed by atoms with Gasteiger partial charge in [0.1, 0.15) is 0 Å². The van der Waals surface area contributed by atoms with Crippen LogP contribution in [0.4, 0.5) is 4.79 Å². The van der Waals surface area contributed by atoms with Crippen LogP contribution in [0.25, 0.3) is 0 Å². The molecular weight excluding hydrogens is 222 g/mol. The van der Waals surface area contributed by atoms with Gasteiger partial charge in [-0.3, -0.25) is 4.79 Å². The van der Waals surface area contributed by atoms with Crippen molar-refractivity contribution in [2.45, 2.75) is 19.3 Å². The van der Waals surface area contributed by atoms with E-state index in [1.54, 1.807) is 4.90 Å². The standard InChI is InChI=1S/C13H16ClNO/c14-13(16)15-8-4-7-12(10-15)9-11-5-2-1-3-6-11/h1-3,5-6,12H,4,7-10H2. The summed E-state index contributed by atoms with van der Waals surface area (Å²) in [4.78, 5) is 12.8. The minimum Gasteiger partial charge on any atom is -0.329 e. The van der Waals surface area contributed by atoms with Gasteiger partial charge in [0.2, 0.25) is 0 Å². The van der Waals surface area contributed by atoms with Gasteiger partial charge in [0.15, 0.2) is 0 Å². The number of halogens is 1. The van der Waals surface area contributed by atoms with E-state index in [1.165, 1.54) is 12.0 Å². The fraction of sp³-hybridized carbons (Fsp3) is 0.462. The van der Waals surface area contributed by atoms with E-state index in [0.29, 0.717) is 5.92 Å². The number of piperidine rings is 1. The molecule has 1 fully saturated rings. The number of rotatable bonds is 2. The summed E-state index contributed by atoms with van der Waals surface area (Å²) < 4.78 is 0. The molecule has 1 aromatic rings. The lowest BCUT2D eigenvalue weighted by Gasteiger charge is -2.31. The molecule has 1 saturated heterocycles. The summed E-state index contributed by atoms with van der Waals surface area (Å²) >= 11 is 5.51. The van der Waals surface area contributed by atoms with E-state index < -0.39 is 0 Å². The van der Waals surface area contributed by atoms with Gasteiger partial charge in [-0.2, -0.15) is 0 Å². The predicted octanol–water partition coefficient (Wildman–Crippen LogP) is 3.30. The Labute approximate surface area is 101 Å². The molecule has 0 radical (unpaired) electrons. The molecular formula is C13H16ClNO. The lowest BCUT2D eigenvalue weighted by molar-refractivity contribution is 0.186. The van der Waals surface area contributed by atoms with Crippen molar-refractivity contribution in [3.8, 4) is 0 Å². The van der Waals surface area contributed by atoms with Gasteiger partial charge in [0.25, 0.3) is 0 Å². The van der Waals surface area contributed by atoms with E-state index in [0.717, 1.165) is 25.9 Å². The van der Waals surface area contributed by atoms with E-state index in [-0.39, 0.29) is 5.37 Å². The zero-order valence-electron chi connectivity index (χ0n) is 9.23. The molecule has 1 aliphatic heterocycles. The molecule has 1 unspecified atom stereocenters. The molecule has 1 atom stereocenters. The number of amides is 1. The van der Waals surface area contributed by atoms with E-state index in [4.69, 9.17) is 11.6 Å². The first-order valence-electron chi connectivity index (χ1n) is 5.74. The Hall–Kier alpha value is -1.02. The largest absolute Gasteiger partial charge is 0.329 e. The summed E-state index contributed by atoms with van der Waals surface area (Å²) in [5.41, 5.74) is 1.34. The van der Waals surface area contributed by atoms with Crippen LogP contribution in [-0.2, 0) is 6.42 Å².